The first-order valence-electron chi connectivity index (χ1n) is 10.6. The van der Waals surface area contributed by atoms with E-state index in [9.17, 15) is 4.79 Å². The lowest BCUT2D eigenvalue weighted by Gasteiger charge is -2.10. The summed E-state index contributed by atoms with van der Waals surface area (Å²) >= 11 is 0. The number of anilines is 1. The summed E-state index contributed by atoms with van der Waals surface area (Å²) in [7, 11) is 0. The second-order valence-corrected chi connectivity index (χ2v) is 7.79. The van der Waals surface area contributed by atoms with E-state index in [1.165, 1.54) is 5.56 Å². The second kappa shape index (κ2) is 9.04. The van der Waals surface area contributed by atoms with Gasteiger partial charge in [-0.3, -0.25) is 9.20 Å². The first kappa shape index (κ1) is 20.7. The van der Waals surface area contributed by atoms with E-state index in [-0.39, 0.29) is 5.91 Å². The lowest BCUT2D eigenvalue weighted by atomic mass is 10.1. The highest BCUT2D eigenvalue weighted by Crippen LogP contribution is 2.30. The second-order valence-electron chi connectivity index (χ2n) is 7.79. The smallest absolute Gasteiger partial charge is 0.256 e. The van der Waals surface area contributed by atoms with Crippen LogP contribution in [0.2, 0.25) is 0 Å². The van der Waals surface area contributed by atoms with E-state index in [1.54, 1.807) is 12.1 Å². The van der Waals surface area contributed by atoms with Crippen LogP contribution in [0.15, 0.2) is 66.9 Å². The van der Waals surface area contributed by atoms with Crippen molar-refractivity contribution in [3.8, 4) is 17.0 Å². The molecule has 4 aromatic rings. The Morgan fingerprint density at radius 1 is 0.968 bits per heavy atom. The number of aromatic nitrogens is 2. The van der Waals surface area contributed by atoms with Gasteiger partial charge in [-0.1, -0.05) is 49.2 Å². The standard InChI is InChI=1S/C26H27N3O2/c1-4-5-16-31-22-13-11-21(12-14-22)26(30)28-25-24(20-9-6-18(2)7-10-20)27-23-15-8-19(3)17-29(23)25/h6-15,17H,4-5,16H2,1-3H3,(H,28,30). The van der Waals surface area contributed by atoms with E-state index in [2.05, 4.69) is 19.2 Å². The van der Waals surface area contributed by atoms with Gasteiger partial charge in [0.2, 0.25) is 0 Å². The SMILES string of the molecule is CCCCOc1ccc(C(=O)Nc2c(-c3ccc(C)cc3)nc3ccc(C)cn23)cc1. The fraction of sp³-hybridized carbons (Fsp3) is 0.231. The van der Waals surface area contributed by atoms with Gasteiger partial charge in [0.25, 0.3) is 5.91 Å². The van der Waals surface area contributed by atoms with E-state index < -0.39 is 0 Å². The van der Waals surface area contributed by atoms with Gasteiger partial charge in [0.1, 0.15) is 22.9 Å². The van der Waals surface area contributed by atoms with Gasteiger partial charge >= 0.3 is 0 Å². The minimum absolute atomic E-state index is 0.184. The van der Waals surface area contributed by atoms with E-state index in [4.69, 9.17) is 9.72 Å². The third kappa shape index (κ3) is 4.61. The van der Waals surface area contributed by atoms with Crippen LogP contribution >= 0.6 is 0 Å². The average molecular weight is 414 g/mol. The number of unbranched alkanes of at least 4 members (excludes halogenated alkanes) is 1. The molecule has 0 spiro atoms. The van der Waals surface area contributed by atoms with E-state index >= 15 is 0 Å². The average Bonchev–Trinajstić information content (AvgIpc) is 3.12. The molecule has 0 aliphatic carbocycles. The van der Waals surface area contributed by atoms with Crippen LogP contribution in [0.3, 0.4) is 0 Å². The summed E-state index contributed by atoms with van der Waals surface area (Å²) in [6, 6.07) is 19.4. The Morgan fingerprint density at radius 2 is 1.68 bits per heavy atom. The van der Waals surface area contributed by atoms with Crippen LogP contribution in [-0.2, 0) is 0 Å². The maximum Gasteiger partial charge on any atom is 0.256 e. The normalized spacial score (nSPS) is 10.9. The molecule has 0 aliphatic rings. The molecule has 0 bridgehead atoms. The molecule has 158 valence electrons. The Kier molecular flexibility index (Phi) is 6.03. The molecule has 5 heteroatoms. The molecule has 4 rings (SSSR count). The van der Waals surface area contributed by atoms with Gasteiger partial charge in [-0.15, -0.1) is 0 Å². The molecular formula is C26H27N3O2. The predicted molar refractivity (Wildman–Crippen MR) is 125 cm³/mol. The van der Waals surface area contributed by atoms with Gasteiger partial charge in [0.15, 0.2) is 0 Å². The molecule has 1 amide bonds. The number of aryl methyl sites for hydroxylation is 2. The van der Waals surface area contributed by atoms with Crippen molar-refractivity contribution in [2.45, 2.75) is 33.6 Å². The number of carbonyl (C=O) groups excluding carboxylic acids is 1. The summed E-state index contributed by atoms with van der Waals surface area (Å²) in [4.78, 5) is 17.8. The quantitative estimate of drug-likeness (QED) is 0.375. The van der Waals surface area contributed by atoms with Gasteiger partial charge in [-0.2, -0.15) is 0 Å². The van der Waals surface area contributed by atoms with Crippen molar-refractivity contribution in [2.75, 3.05) is 11.9 Å². The van der Waals surface area contributed by atoms with Gasteiger partial charge in [0, 0.05) is 17.3 Å². The summed E-state index contributed by atoms with van der Waals surface area (Å²) in [6.45, 7) is 6.88. The van der Waals surface area contributed by atoms with Crippen LogP contribution in [-0.4, -0.2) is 21.9 Å². The predicted octanol–water partition coefficient (Wildman–Crippen LogP) is 6.05. The fourth-order valence-corrected chi connectivity index (χ4v) is 3.40. The maximum atomic E-state index is 13.1. The van der Waals surface area contributed by atoms with Gasteiger partial charge in [0.05, 0.1) is 6.61 Å². The fourth-order valence-electron chi connectivity index (χ4n) is 3.40. The van der Waals surface area contributed by atoms with E-state index in [0.717, 1.165) is 41.1 Å². The first-order chi connectivity index (χ1) is 15.0. The minimum Gasteiger partial charge on any atom is -0.494 e. The Hall–Kier alpha value is -3.60. The molecule has 2 aromatic carbocycles. The molecular weight excluding hydrogens is 386 g/mol. The highest BCUT2D eigenvalue weighted by atomic mass is 16.5. The summed E-state index contributed by atoms with van der Waals surface area (Å²) < 4.78 is 7.63. The van der Waals surface area contributed by atoms with Gasteiger partial charge in [-0.25, -0.2) is 4.98 Å². The van der Waals surface area contributed by atoms with Crippen molar-refractivity contribution in [2.24, 2.45) is 0 Å². The van der Waals surface area contributed by atoms with Crippen LogP contribution in [0.4, 0.5) is 5.82 Å². The Bertz CT molecular complexity index is 1190. The van der Waals surface area contributed by atoms with Crippen LogP contribution < -0.4 is 10.1 Å². The number of nitrogens with zero attached hydrogens (tertiary/aromatic N) is 2. The van der Waals surface area contributed by atoms with Crippen LogP contribution in [0.1, 0.15) is 41.3 Å². The molecule has 0 fully saturated rings. The van der Waals surface area contributed by atoms with E-state index in [1.807, 2.05) is 66.1 Å². The first-order valence-corrected chi connectivity index (χ1v) is 10.6. The Morgan fingerprint density at radius 3 is 2.39 bits per heavy atom. The van der Waals surface area contributed by atoms with E-state index in [0.29, 0.717) is 18.0 Å². The maximum absolute atomic E-state index is 13.1. The molecule has 0 atom stereocenters. The Labute approximate surface area is 182 Å². The molecule has 0 saturated heterocycles. The highest BCUT2D eigenvalue weighted by Gasteiger charge is 2.17. The molecule has 31 heavy (non-hydrogen) atoms. The largest absolute Gasteiger partial charge is 0.494 e. The van der Waals surface area contributed by atoms with Crippen molar-refractivity contribution >= 4 is 17.4 Å². The molecule has 0 unspecified atom stereocenters. The number of amides is 1. The number of imidazole rings is 1. The number of carbonyl (C=O) groups is 1. The number of fused-ring (bicyclic) bond motifs is 1. The van der Waals surface area contributed by atoms with Crippen molar-refractivity contribution in [3.05, 3.63) is 83.6 Å². The lowest BCUT2D eigenvalue weighted by molar-refractivity contribution is 0.102. The molecule has 2 aromatic heterocycles. The monoisotopic (exact) mass is 413 g/mol. The number of nitrogens with one attached hydrogen (secondary N) is 1. The zero-order chi connectivity index (χ0) is 21.8. The number of ether oxygens (including phenoxy) is 1. The van der Waals surface area contributed by atoms with Crippen LogP contribution in [0.5, 0.6) is 5.75 Å². The lowest BCUT2D eigenvalue weighted by Crippen LogP contribution is -2.14. The molecule has 0 aliphatic heterocycles. The van der Waals surface area contributed by atoms with Crippen molar-refractivity contribution in [1.82, 2.24) is 9.38 Å². The van der Waals surface area contributed by atoms with Crippen LogP contribution in [0, 0.1) is 13.8 Å². The third-order valence-corrected chi connectivity index (χ3v) is 5.21. The van der Waals surface area contributed by atoms with Crippen molar-refractivity contribution in [1.29, 1.82) is 0 Å². The molecule has 1 N–H and O–H groups in total. The zero-order valence-electron chi connectivity index (χ0n) is 18.2. The Balaban J connectivity index is 1.65. The zero-order valence-corrected chi connectivity index (χ0v) is 18.2. The number of hydrogen-bond acceptors (Lipinski definition) is 3. The third-order valence-electron chi connectivity index (χ3n) is 5.21. The van der Waals surface area contributed by atoms with Crippen molar-refractivity contribution < 1.29 is 9.53 Å². The highest BCUT2D eigenvalue weighted by molar-refractivity contribution is 6.05. The molecule has 2 heterocycles. The summed E-state index contributed by atoms with van der Waals surface area (Å²) in [6.07, 6.45) is 4.08. The summed E-state index contributed by atoms with van der Waals surface area (Å²) in [5.41, 5.74) is 5.33. The number of rotatable bonds is 7. The summed E-state index contributed by atoms with van der Waals surface area (Å²) in [5, 5.41) is 3.08. The van der Waals surface area contributed by atoms with Gasteiger partial charge in [-0.05, 0) is 56.2 Å². The van der Waals surface area contributed by atoms with Crippen LogP contribution in [0.25, 0.3) is 16.9 Å². The molecule has 5 nitrogen and oxygen atoms in total. The van der Waals surface area contributed by atoms with Gasteiger partial charge < -0.3 is 10.1 Å². The minimum atomic E-state index is -0.184. The summed E-state index contributed by atoms with van der Waals surface area (Å²) in [5.74, 6) is 1.25. The number of pyridine rings is 1. The van der Waals surface area contributed by atoms with Crippen molar-refractivity contribution in [3.63, 3.8) is 0 Å². The number of hydrogen-bond donors (Lipinski definition) is 1. The number of benzene rings is 2. The topological polar surface area (TPSA) is 55.6 Å². The molecule has 0 saturated carbocycles. The molecule has 0 radical (unpaired) electrons.